The van der Waals surface area contributed by atoms with Gasteiger partial charge in [-0.05, 0) is 30.3 Å². The van der Waals surface area contributed by atoms with Crippen LogP contribution in [-0.2, 0) is 11.3 Å². The molecule has 10 heteroatoms. The lowest BCUT2D eigenvalue weighted by atomic mass is 10.2. The average molecular weight is 404 g/mol. The highest BCUT2D eigenvalue weighted by Gasteiger charge is 2.15. The van der Waals surface area contributed by atoms with Gasteiger partial charge in [0.2, 0.25) is 5.91 Å². The highest BCUT2D eigenvalue weighted by Crippen LogP contribution is 2.24. The molecule has 4 rings (SSSR count). The van der Waals surface area contributed by atoms with Crippen molar-refractivity contribution in [2.75, 3.05) is 5.32 Å². The van der Waals surface area contributed by atoms with Crippen molar-refractivity contribution in [1.82, 2.24) is 19.3 Å². The summed E-state index contributed by atoms with van der Waals surface area (Å²) < 4.78 is 7.85. The summed E-state index contributed by atoms with van der Waals surface area (Å²) in [7, 11) is 0. The Kier molecular flexibility index (Phi) is 4.43. The van der Waals surface area contributed by atoms with E-state index in [1.54, 1.807) is 30.3 Å². The van der Waals surface area contributed by atoms with Gasteiger partial charge in [-0.3, -0.25) is 9.36 Å². The molecule has 4 aromatic rings. The van der Waals surface area contributed by atoms with E-state index in [1.165, 1.54) is 28.0 Å². The number of anilines is 1. The van der Waals surface area contributed by atoms with Crippen LogP contribution in [0.15, 0.2) is 58.3 Å². The number of hydrogen-bond donors (Lipinski definition) is 1. The number of oxazole rings is 1. The first-order valence-electron chi connectivity index (χ1n) is 7.74. The zero-order chi connectivity index (χ0) is 19.0. The zero-order valence-corrected chi connectivity index (χ0v) is 15.1. The van der Waals surface area contributed by atoms with Gasteiger partial charge in [0, 0.05) is 16.1 Å². The number of hydrogen-bond acceptors (Lipinski definition) is 5. The van der Waals surface area contributed by atoms with Gasteiger partial charge in [-0.2, -0.15) is 5.10 Å². The van der Waals surface area contributed by atoms with Gasteiger partial charge in [0.25, 0.3) is 0 Å². The summed E-state index contributed by atoms with van der Waals surface area (Å²) in [6.45, 7) is -0.239. The van der Waals surface area contributed by atoms with Crippen LogP contribution in [0.25, 0.3) is 16.8 Å². The Morgan fingerprint density at radius 2 is 1.93 bits per heavy atom. The third-order valence-corrected chi connectivity index (χ3v) is 4.30. The molecule has 0 radical (unpaired) electrons. The predicted molar refractivity (Wildman–Crippen MR) is 100 cm³/mol. The average Bonchev–Trinajstić information content (AvgIpc) is 3.24. The third-order valence-electron chi connectivity index (χ3n) is 3.83. The highest BCUT2D eigenvalue weighted by atomic mass is 35.5. The molecule has 0 saturated heterocycles. The highest BCUT2D eigenvalue weighted by molar-refractivity contribution is 6.31. The Morgan fingerprint density at radius 1 is 1.15 bits per heavy atom. The fraction of sp³-hybridized carbons (Fsp3) is 0.0588. The Labute approximate surface area is 161 Å². The van der Waals surface area contributed by atoms with Crippen LogP contribution < -0.4 is 11.1 Å². The quantitative estimate of drug-likeness (QED) is 0.564. The Morgan fingerprint density at radius 3 is 2.70 bits per heavy atom. The lowest BCUT2D eigenvalue weighted by Gasteiger charge is -2.11. The van der Waals surface area contributed by atoms with Crippen molar-refractivity contribution in [3.05, 3.63) is 69.6 Å². The van der Waals surface area contributed by atoms with E-state index in [0.717, 1.165) is 0 Å². The number of halogens is 2. The SMILES string of the molecule is O=C(Cn1c(=O)oc2cc(Cl)ccc21)Nc1cc(Cl)ccc1-n1cncn1. The monoisotopic (exact) mass is 403 g/mol. The van der Waals surface area contributed by atoms with E-state index in [1.807, 2.05) is 0 Å². The van der Waals surface area contributed by atoms with Crippen molar-refractivity contribution in [1.29, 1.82) is 0 Å². The Hall–Kier alpha value is -3.10. The minimum Gasteiger partial charge on any atom is -0.408 e. The summed E-state index contributed by atoms with van der Waals surface area (Å²) in [5, 5.41) is 7.67. The van der Waals surface area contributed by atoms with Crippen LogP contribution >= 0.6 is 23.2 Å². The molecule has 0 spiro atoms. The van der Waals surface area contributed by atoms with Crippen LogP contribution in [-0.4, -0.2) is 25.2 Å². The molecule has 2 aromatic carbocycles. The molecule has 0 fully saturated rings. The Balaban J connectivity index is 1.64. The van der Waals surface area contributed by atoms with Crippen LogP contribution in [0, 0.1) is 0 Å². The fourth-order valence-corrected chi connectivity index (χ4v) is 3.00. The van der Waals surface area contributed by atoms with Gasteiger partial charge in [-0.15, -0.1) is 0 Å². The summed E-state index contributed by atoms with van der Waals surface area (Å²) in [6, 6.07) is 9.72. The van der Waals surface area contributed by atoms with Crippen molar-refractivity contribution in [3.63, 3.8) is 0 Å². The first-order valence-corrected chi connectivity index (χ1v) is 8.50. The summed E-state index contributed by atoms with van der Waals surface area (Å²) in [4.78, 5) is 28.5. The van der Waals surface area contributed by atoms with Gasteiger partial charge in [-0.1, -0.05) is 23.2 Å². The molecule has 2 aromatic heterocycles. The molecule has 0 aliphatic carbocycles. The van der Waals surface area contributed by atoms with Gasteiger partial charge in [-0.25, -0.2) is 14.5 Å². The molecule has 136 valence electrons. The normalized spacial score (nSPS) is 11.0. The summed E-state index contributed by atoms with van der Waals surface area (Å²) in [5.74, 6) is -1.08. The predicted octanol–water partition coefficient (Wildman–Crippen LogP) is 3.12. The van der Waals surface area contributed by atoms with E-state index >= 15 is 0 Å². The largest absolute Gasteiger partial charge is 0.420 e. The number of amides is 1. The standard InChI is InChI=1S/C17H11Cl2N5O3/c18-10-1-3-13(24-9-20-8-21-24)12(5-10)22-16(25)7-23-14-4-2-11(19)6-15(14)27-17(23)26/h1-6,8-9H,7H2,(H,22,25). The molecule has 2 heterocycles. The summed E-state index contributed by atoms with van der Waals surface area (Å²) in [6.07, 6.45) is 2.87. The molecule has 0 bridgehead atoms. The van der Waals surface area contributed by atoms with E-state index in [-0.39, 0.29) is 6.54 Å². The molecule has 0 aliphatic heterocycles. The number of aromatic nitrogens is 4. The maximum Gasteiger partial charge on any atom is 0.420 e. The maximum absolute atomic E-state index is 12.5. The van der Waals surface area contributed by atoms with Gasteiger partial charge in [0.15, 0.2) is 5.58 Å². The second-order valence-electron chi connectivity index (χ2n) is 5.62. The zero-order valence-electron chi connectivity index (χ0n) is 13.6. The number of benzene rings is 2. The molecule has 0 aliphatic rings. The van der Waals surface area contributed by atoms with Crippen LogP contribution in [0.2, 0.25) is 10.0 Å². The van der Waals surface area contributed by atoms with Crippen molar-refractivity contribution < 1.29 is 9.21 Å². The minimum atomic E-state index is -0.648. The first kappa shape index (κ1) is 17.3. The summed E-state index contributed by atoms with van der Waals surface area (Å²) in [5.41, 5.74) is 1.80. The molecule has 1 amide bonds. The molecule has 1 N–H and O–H groups in total. The third kappa shape index (κ3) is 3.44. The number of carbonyl (C=O) groups excluding carboxylic acids is 1. The van der Waals surface area contributed by atoms with Crippen LogP contribution in [0.1, 0.15) is 0 Å². The molecular weight excluding hydrogens is 393 g/mol. The number of fused-ring (bicyclic) bond motifs is 1. The van der Waals surface area contributed by atoms with Crippen molar-refractivity contribution in [2.24, 2.45) is 0 Å². The lowest BCUT2D eigenvalue weighted by molar-refractivity contribution is -0.116. The molecule has 0 atom stereocenters. The van der Waals surface area contributed by atoms with Crippen molar-refractivity contribution in [2.45, 2.75) is 6.54 Å². The van der Waals surface area contributed by atoms with E-state index in [9.17, 15) is 9.59 Å². The van der Waals surface area contributed by atoms with Crippen molar-refractivity contribution in [3.8, 4) is 5.69 Å². The van der Waals surface area contributed by atoms with E-state index in [0.29, 0.717) is 32.5 Å². The van der Waals surface area contributed by atoms with Crippen molar-refractivity contribution >= 4 is 45.9 Å². The van der Waals surface area contributed by atoms with E-state index in [2.05, 4.69) is 15.4 Å². The second-order valence-corrected chi connectivity index (χ2v) is 6.49. The van der Waals surface area contributed by atoms with Gasteiger partial charge >= 0.3 is 5.76 Å². The lowest BCUT2D eigenvalue weighted by Crippen LogP contribution is -2.25. The number of carbonyl (C=O) groups is 1. The number of nitrogens with one attached hydrogen (secondary N) is 1. The van der Waals surface area contributed by atoms with Crippen LogP contribution in [0.3, 0.4) is 0 Å². The Bertz CT molecular complexity index is 1200. The number of rotatable bonds is 4. The molecule has 8 nitrogen and oxygen atoms in total. The molecular formula is C17H11Cl2N5O3. The molecule has 0 saturated carbocycles. The topological polar surface area (TPSA) is 94.9 Å². The first-order chi connectivity index (χ1) is 13.0. The fourth-order valence-electron chi connectivity index (χ4n) is 2.66. The summed E-state index contributed by atoms with van der Waals surface area (Å²) >= 11 is 11.9. The molecule has 0 unspecified atom stereocenters. The maximum atomic E-state index is 12.5. The van der Waals surface area contributed by atoms with Crippen LogP contribution in [0.5, 0.6) is 0 Å². The van der Waals surface area contributed by atoms with E-state index < -0.39 is 11.7 Å². The van der Waals surface area contributed by atoms with Gasteiger partial charge in [0.05, 0.1) is 16.9 Å². The smallest absolute Gasteiger partial charge is 0.408 e. The van der Waals surface area contributed by atoms with Crippen LogP contribution in [0.4, 0.5) is 5.69 Å². The van der Waals surface area contributed by atoms with Gasteiger partial charge in [0.1, 0.15) is 19.2 Å². The second kappa shape index (κ2) is 6.90. The van der Waals surface area contributed by atoms with E-state index in [4.69, 9.17) is 27.6 Å². The minimum absolute atomic E-state index is 0.239. The number of nitrogens with zero attached hydrogens (tertiary/aromatic N) is 4. The molecule has 27 heavy (non-hydrogen) atoms. The van der Waals surface area contributed by atoms with Gasteiger partial charge < -0.3 is 9.73 Å².